The smallest absolute Gasteiger partial charge is 0.282 e. The highest BCUT2D eigenvalue weighted by molar-refractivity contribution is 9.10. The van der Waals surface area contributed by atoms with Gasteiger partial charge in [-0.3, -0.25) is 4.79 Å². The van der Waals surface area contributed by atoms with Crippen LogP contribution in [0.2, 0.25) is 5.02 Å². The Morgan fingerprint density at radius 3 is 2.49 bits per heavy atom. The number of hydrogen-bond acceptors (Lipinski definition) is 5. The van der Waals surface area contributed by atoms with E-state index in [-0.39, 0.29) is 11.5 Å². The number of aromatic nitrogens is 2. The largest absolute Gasteiger partial charge is 0.490 e. The van der Waals surface area contributed by atoms with Gasteiger partial charge in [-0.05, 0) is 77.3 Å². The van der Waals surface area contributed by atoms with Crippen LogP contribution in [0.4, 0.5) is 0 Å². The summed E-state index contributed by atoms with van der Waals surface area (Å²) in [4.78, 5) is 18.2. The molecule has 0 radical (unpaired) electrons. The SMILES string of the molecule is CCOc1cc(C=Nn2c([C@H](C)CC)nc3ccc(Br)cc3c2=O)c(Br)cc1OCc1ccc(Cl)cc1. The van der Waals surface area contributed by atoms with Crippen LogP contribution in [0.15, 0.2) is 73.4 Å². The zero-order valence-electron chi connectivity index (χ0n) is 20.7. The highest BCUT2D eigenvalue weighted by Gasteiger charge is 2.16. The Hall–Kier alpha value is -2.68. The van der Waals surface area contributed by atoms with Crippen LogP contribution in [-0.4, -0.2) is 22.5 Å². The summed E-state index contributed by atoms with van der Waals surface area (Å²) in [5.74, 6) is 1.83. The highest BCUT2D eigenvalue weighted by Crippen LogP contribution is 2.34. The molecule has 192 valence electrons. The summed E-state index contributed by atoms with van der Waals surface area (Å²) in [6.45, 7) is 6.84. The Morgan fingerprint density at radius 1 is 1.05 bits per heavy atom. The topological polar surface area (TPSA) is 65.7 Å². The van der Waals surface area contributed by atoms with Gasteiger partial charge in [0.1, 0.15) is 12.4 Å². The molecule has 0 N–H and O–H groups in total. The molecule has 0 aliphatic carbocycles. The molecule has 1 heterocycles. The van der Waals surface area contributed by atoms with E-state index >= 15 is 0 Å². The molecule has 4 rings (SSSR count). The van der Waals surface area contributed by atoms with E-state index in [9.17, 15) is 4.79 Å². The first-order chi connectivity index (χ1) is 17.8. The summed E-state index contributed by atoms with van der Waals surface area (Å²) in [6.07, 6.45) is 2.45. The molecule has 0 aliphatic heterocycles. The minimum atomic E-state index is -0.220. The maximum absolute atomic E-state index is 13.4. The van der Waals surface area contributed by atoms with Gasteiger partial charge >= 0.3 is 0 Å². The first-order valence-corrected chi connectivity index (χ1v) is 13.9. The minimum absolute atomic E-state index is 0.0453. The van der Waals surface area contributed by atoms with E-state index in [0.29, 0.717) is 46.5 Å². The van der Waals surface area contributed by atoms with Gasteiger partial charge in [0.05, 0.1) is 23.7 Å². The lowest BCUT2D eigenvalue weighted by Gasteiger charge is -2.15. The zero-order valence-corrected chi connectivity index (χ0v) is 24.6. The van der Waals surface area contributed by atoms with Crippen LogP contribution in [0.25, 0.3) is 10.9 Å². The Labute approximate surface area is 237 Å². The van der Waals surface area contributed by atoms with Crippen molar-refractivity contribution < 1.29 is 9.47 Å². The van der Waals surface area contributed by atoms with Crippen molar-refractivity contribution in [2.24, 2.45) is 5.10 Å². The van der Waals surface area contributed by atoms with E-state index in [1.165, 1.54) is 4.68 Å². The molecule has 37 heavy (non-hydrogen) atoms. The van der Waals surface area contributed by atoms with Gasteiger partial charge in [-0.2, -0.15) is 9.78 Å². The van der Waals surface area contributed by atoms with E-state index in [1.54, 1.807) is 12.3 Å². The lowest BCUT2D eigenvalue weighted by Crippen LogP contribution is -2.23. The molecular weight excluding hydrogens is 622 g/mol. The van der Waals surface area contributed by atoms with Gasteiger partial charge in [0.25, 0.3) is 5.56 Å². The molecule has 1 atom stereocenters. The van der Waals surface area contributed by atoms with E-state index in [0.717, 1.165) is 26.5 Å². The summed E-state index contributed by atoms with van der Waals surface area (Å²) in [6, 6.07) is 16.7. The molecule has 0 fully saturated rings. The zero-order chi connectivity index (χ0) is 26.5. The fourth-order valence-corrected chi connectivity index (χ4v) is 4.58. The monoisotopic (exact) mass is 645 g/mol. The molecule has 1 aromatic heterocycles. The van der Waals surface area contributed by atoms with Gasteiger partial charge in [-0.15, -0.1) is 0 Å². The standard InChI is InChI=1S/C28H26Br2ClN3O3/c1-4-17(3)27-33-24-11-8-20(29)13-22(24)28(35)34(27)32-15-19-12-25(36-5-2)26(14-23(19)30)37-16-18-6-9-21(31)10-7-18/h6-15,17H,4-5,16H2,1-3H3/t17-/m1/s1. The third-order valence-corrected chi connectivity index (χ3v) is 7.30. The molecule has 9 heteroatoms. The number of rotatable bonds is 9. The van der Waals surface area contributed by atoms with Crippen LogP contribution >= 0.6 is 43.5 Å². The molecule has 3 aromatic carbocycles. The van der Waals surface area contributed by atoms with Gasteiger partial charge in [0.15, 0.2) is 11.5 Å². The first kappa shape index (κ1) is 27.4. The number of benzene rings is 3. The minimum Gasteiger partial charge on any atom is -0.490 e. The predicted molar refractivity (Wildman–Crippen MR) is 156 cm³/mol. The van der Waals surface area contributed by atoms with Crippen LogP contribution in [0.5, 0.6) is 11.5 Å². The van der Waals surface area contributed by atoms with Crippen LogP contribution < -0.4 is 15.0 Å². The van der Waals surface area contributed by atoms with Crippen molar-refractivity contribution in [3.05, 3.63) is 95.9 Å². The second kappa shape index (κ2) is 12.2. The normalized spacial score (nSPS) is 12.3. The molecule has 4 aromatic rings. The van der Waals surface area contributed by atoms with E-state index in [2.05, 4.69) is 43.9 Å². The lowest BCUT2D eigenvalue weighted by molar-refractivity contribution is 0.269. The fourth-order valence-electron chi connectivity index (χ4n) is 3.67. The van der Waals surface area contributed by atoms with Gasteiger partial charge in [-0.1, -0.05) is 53.5 Å². The van der Waals surface area contributed by atoms with Crippen LogP contribution in [0.1, 0.15) is 50.1 Å². The molecule has 0 saturated carbocycles. The van der Waals surface area contributed by atoms with Gasteiger partial charge in [-0.25, -0.2) is 4.98 Å². The molecule has 6 nitrogen and oxygen atoms in total. The van der Waals surface area contributed by atoms with Crippen molar-refractivity contribution in [2.45, 2.75) is 39.7 Å². The van der Waals surface area contributed by atoms with Crippen molar-refractivity contribution in [1.29, 1.82) is 0 Å². The van der Waals surface area contributed by atoms with Crippen LogP contribution in [-0.2, 0) is 6.61 Å². The molecule has 0 saturated heterocycles. The van der Waals surface area contributed by atoms with Gasteiger partial charge in [0.2, 0.25) is 0 Å². The summed E-state index contributed by atoms with van der Waals surface area (Å²) < 4.78 is 14.8. The molecule has 0 unspecified atom stereocenters. The van der Waals surface area contributed by atoms with Gasteiger partial charge < -0.3 is 9.47 Å². The van der Waals surface area contributed by atoms with Gasteiger partial charge in [0, 0.05) is 25.4 Å². The van der Waals surface area contributed by atoms with Crippen molar-refractivity contribution in [3.8, 4) is 11.5 Å². The number of ether oxygens (including phenoxy) is 2. The lowest BCUT2D eigenvalue weighted by atomic mass is 10.1. The number of halogens is 3. The van der Waals surface area contributed by atoms with Crippen molar-refractivity contribution in [1.82, 2.24) is 9.66 Å². The molecule has 0 spiro atoms. The first-order valence-electron chi connectivity index (χ1n) is 11.9. The summed E-state index contributed by atoms with van der Waals surface area (Å²) >= 11 is 13.0. The van der Waals surface area contributed by atoms with E-state index < -0.39 is 0 Å². The number of hydrogen-bond donors (Lipinski definition) is 0. The quantitative estimate of drug-likeness (QED) is 0.173. The second-order valence-electron chi connectivity index (χ2n) is 8.47. The summed E-state index contributed by atoms with van der Waals surface area (Å²) in [5.41, 5.74) is 2.15. The fraction of sp³-hybridized carbons (Fsp3) is 0.250. The van der Waals surface area contributed by atoms with E-state index in [1.807, 2.05) is 62.4 Å². The van der Waals surface area contributed by atoms with Crippen LogP contribution in [0, 0.1) is 0 Å². The maximum Gasteiger partial charge on any atom is 0.282 e. The average Bonchev–Trinajstić information content (AvgIpc) is 2.89. The molecule has 0 amide bonds. The number of fused-ring (bicyclic) bond motifs is 1. The van der Waals surface area contributed by atoms with Crippen molar-refractivity contribution >= 4 is 60.6 Å². The Morgan fingerprint density at radius 2 is 1.78 bits per heavy atom. The highest BCUT2D eigenvalue weighted by atomic mass is 79.9. The van der Waals surface area contributed by atoms with E-state index in [4.69, 9.17) is 26.1 Å². The van der Waals surface area contributed by atoms with Crippen LogP contribution in [0.3, 0.4) is 0 Å². The summed E-state index contributed by atoms with van der Waals surface area (Å²) in [5, 5.41) is 5.76. The van der Waals surface area contributed by atoms with Crippen molar-refractivity contribution in [2.75, 3.05) is 6.61 Å². The second-order valence-corrected chi connectivity index (χ2v) is 10.7. The Balaban J connectivity index is 1.71. The maximum atomic E-state index is 13.4. The third-order valence-electron chi connectivity index (χ3n) is 5.87. The molecule has 0 aliphatic rings. The Kier molecular flexibility index (Phi) is 9.05. The van der Waals surface area contributed by atoms with Crippen molar-refractivity contribution in [3.63, 3.8) is 0 Å². The Bertz CT molecular complexity index is 1500. The average molecular weight is 648 g/mol. The predicted octanol–water partition coefficient (Wildman–Crippen LogP) is 7.95. The summed E-state index contributed by atoms with van der Waals surface area (Å²) in [7, 11) is 0. The third kappa shape index (κ3) is 6.43. The molecular formula is C28H26Br2ClN3O3. The molecule has 0 bridgehead atoms. The number of nitrogens with zero attached hydrogens (tertiary/aromatic N) is 3.